The maximum absolute atomic E-state index is 11.9. The van der Waals surface area contributed by atoms with Crippen molar-refractivity contribution in [3.05, 3.63) is 29.8 Å². The lowest BCUT2D eigenvalue weighted by Gasteiger charge is -2.16. The molecule has 0 aliphatic carbocycles. The highest BCUT2D eigenvalue weighted by molar-refractivity contribution is 5.92. The summed E-state index contributed by atoms with van der Waals surface area (Å²) >= 11 is 0. The van der Waals surface area contributed by atoms with Gasteiger partial charge in [0.05, 0.1) is 0 Å². The highest BCUT2D eigenvalue weighted by Gasteiger charge is 2.20. The lowest BCUT2D eigenvalue weighted by atomic mass is 10.1. The summed E-state index contributed by atoms with van der Waals surface area (Å²) in [6, 6.07) is 7.74. The van der Waals surface area contributed by atoms with Gasteiger partial charge in [0.25, 0.3) is 0 Å². The van der Waals surface area contributed by atoms with Crippen molar-refractivity contribution in [2.45, 2.75) is 39.7 Å². The smallest absolute Gasteiger partial charge is 0.227 e. The fourth-order valence-corrected chi connectivity index (χ4v) is 2.29. The topological polar surface area (TPSA) is 49.4 Å². The monoisotopic (exact) mass is 274 g/mol. The van der Waals surface area contributed by atoms with Gasteiger partial charge in [0, 0.05) is 31.1 Å². The minimum atomic E-state index is 0.0128. The Morgan fingerprint density at radius 1 is 1.45 bits per heavy atom. The van der Waals surface area contributed by atoms with Crippen LogP contribution in [-0.4, -0.2) is 23.3 Å². The number of carbonyl (C=O) groups excluding carboxylic acids is 2. The number of nitrogens with zero attached hydrogens (tertiary/aromatic N) is 1. The zero-order valence-electron chi connectivity index (χ0n) is 12.2. The van der Waals surface area contributed by atoms with Crippen LogP contribution in [0.15, 0.2) is 24.3 Å². The largest absolute Gasteiger partial charge is 0.338 e. The molecule has 0 radical (unpaired) electrons. The molecule has 20 heavy (non-hydrogen) atoms. The Hall–Kier alpha value is -1.84. The number of carbonyl (C=O) groups is 2. The van der Waals surface area contributed by atoms with Crippen LogP contribution in [0, 0.1) is 5.92 Å². The number of amides is 2. The van der Waals surface area contributed by atoms with Crippen LogP contribution in [0.3, 0.4) is 0 Å². The number of nitrogens with one attached hydrogen (secondary N) is 1. The van der Waals surface area contributed by atoms with E-state index >= 15 is 0 Å². The summed E-state index contributed by atoms with van der Waals surface area (Å²) in [6.07, 6.45) is 2.43. The Balaban J connectivity index is 2.00. The third-order valence-corrected chi connectivity index (χ3v) is 3.80. The molecule has 2 amide bonds. The Morgan fingerprint density at radius 3 is 2.90 bits per heavy atom. The molecule has 2 rings (SSSR count). The molecular formula is C16H22N2O2. The number of anilines is 1. The fourth-order valence-electron chi connectivity index (χ4n) is 2.29. The molecule has 4 nitrogen and oxygen atoms in total. The average Bonchev–Trinajstić information content (AvgIpc) is 2.83. The third kappa shape index (κ3) is 3.59. The fraction of sp³-hybridized carbons (Fsp3) is 0.500. The van der Waals surface area contributed by atoms with Crippen molar-refractivity contribution in [2.24, 2.45) is 5.92 Å². The zero-order chi connectivity index (χ0) is 14.5. The van der Waals surface area contributed by atoms with Crippen molar-refractivity contribution in [1.29, 1.82) is 0 Å². The molecule has 1 aromatic rings. The Kier molecular flexibility index (Phi) is 4.77. The van der Waals surface area contributed by atoms with Crippen LogP contribution in [0.1, 0.15) is 38.7 Å². The highest BCUT2D eigenvalue weighted by Crippen LogP contribution is 2.17. The first-order chi connectivity index (χ1) is 9.60. The molecule has 0 saturated carbocycles. The first kappa shape index (κ1) is 14.6. The van der Waals surface area contributed by atoms with Crippen molar-refractivity contribution in [2.75, 3.05) is 11.9 Å². The number of rotatable bonds is 5. The van der Waals surface area contributed by atoms with Crippen LogP contribution in [0.25, 0.3) is 0 Å². The molecule has 1 aliphatic heterocycles. The molecule has 108 valence electrons. The molecule has 0 aromatic heterocycles. The van der Waals surface area contributed by atoms with Gasteiger partial charge in [0.2, 0.25) is 11.8 Å². The summed E-state index contributed by atoms with van der Waals surface area (Å²) < 4.78 is 0. The summed E-state index contributed by atoms with van der Waals surface area (Å²) in [6.45, 7) is 5.38. The maximum atomic E-state index is 11.9. The summed E-state index contributed by atoms with van der Waals surface area (Å²) in [5.74, 6) is 0.278. The molecule has 1 heterocycles. The molecule has 0 spiro atoms. The lowest BCUT2D eigenvalue weighted by Crippen LogP contribution is -2.24. The molecular weight excluding hydrogens is 252 g/mol. The summed E-state index contributed by atoms with van der Waals surface area (Å²) in [5.41, 5.74) is 1.86. The lowest BCUT2D eigenvalue weighted by molar-refractivity contribution is -0.128. The summed E-state index contributed by atoms with van der Waals surface area (Å²) in [5, 5.41) is 2.93. The molecule has 4 heteroatoms. The van der Waals surface area contributed by atoms with E-state index in [4.69, 9.17) is 0 Å². The van der Waals surface area contributed by atoms with Gasteiger partial charge in [0.15, 0.2) is 0 Å². The molecule has 1 saturated heterocycles. The average molecular weight is 274 g/mol. The Morgan fingerprint density at radius 2 is 2.25 bits per heavy atom. The van der Waals surface area contributed by atoms with Gasteiger partial charge in [-0.15, -0.1) is 0 Å². The van der Waals surface area contributed by atoms with Crippen LogP contribution in [0.2, 0.25) is 0 Å². The molecule has 1 fully saturated rings. The number of benzene rings is 1. The van der Waals surface area contributed by atoms with Gasteiger partial charge in [-0.05, 0) is 30.5 Å². The van der Waals surface area contributed by atoms with Crippen molar-refractivity contribution in [3.8, 4) is 0 Å². The highest BCUT2D eigenvalue weighted by atomic mass is 16.2. The van der Waals surface area contributed by atoms with Crippen LogP contribution in [0.5, 0.6) is 0 Å². The standard InChI is InChI=1S/C16H22N2O2/c1-3-12(2)16(20)17-14-7-4-6-13(10-14)11-18-9-5-8-15(18)19/h4,6-7,10,12H,3,5,8-9,11H2,1-2H3,(H,17,20). The van der Waals surface area contributed by atoms with Gasteiger partial charge in [-0.25, -0.2) is 0 Å². The second-order valence-electron chi connectivity index (χ2n) is 5.42. The van der Waals surface area contributed by atoms with Gasteiger partial charge in [-0.3, -0.25) is 9.59 Å². The second-order valence-corrected chi connectivity index (χ2v) is 5.42. The third-order valence-electron chi connectivity index (χ3n) is 3.80. The van der Waals surface area contributed by atoms with Gasteiger partial charge >= 0.3 is 0 Å². The Labute approximate surface area is 120 Å². The van der Waals surface area contributed by atoms with Crippen LogP contribution >= 0.6 is 0 Å². The van der Waals surface area contributed by atoms with E-state index in [0.29, 0.717) is 13.0 Å². The van der Waals surface area contributed by atoms with E-state index in [1.54, 1.807) is 0 Å². The van der Waals surface area contributed by atoms with Gasteiger partial charge in [-0.1, -0.05) is 26.0 Å². The van der Waals surface area contributed by atoms with Gasteiger partial charge in [-0.2, -0.15) is 0 Å². The zero-order valence-corrected chi connectivity index (χ0v) is 12.2. The van der Waals surface area contributed by atoms with Crippen LogP contribution < -0.4 is 5.32 Å². The SMILES string of the molecule is CCC(C)C(=O)Nc1cccc(CN2CCCC2=O)c1. The predicted molar refractivity (Wildman–Crippen MR) is 79.2 cm³/mol. The van der Waals surface area contributed by atoms with Gasteiger partial charge < -0.3 is 10.2 Å². The minimum absolute atomic E-state index is 0.0128. The van der Waals surface area contributed by atoms with Crippen LogP contribution in [-0.2, 0) is 16.1 Å². The molecule has 1 atom stereocenters. The molecule has 0 bridgehead atoms. The molecule has 1 aromatic carbocycles. The molecule has 1 unspecified atom stereocenters. The van der Waals surface area contributed by atoms with Gasteiger partial charge in [0.1, 0.15) is 0 Å². The first-order valence-electron chi connectivity index (χ1n) is 7.27. The maximum Gasteiger partial charge on any atom is 0.227 e. The van der Waals surface area contributed by atoms with Crippen molar-refractivity contribution in [3.63, 3.8) is 0 Å². The first-order valence-corrected chi connectivity index (χ1v) is 7.27. The van der Waals surface area contributed by atoms with E-state index in [9.17, 15) is 9.59 Å². The molecule has 1 N–H and O–H groups in total. The normalized spacial score (nSPS) is 16.3. The predicted octanol–water partition coefficient (Wildman–Crippen LogP) is 2.79. The van der Waals surface area contributed by atoms with Crippen molar-refractivity contribution < 1.29 is 9.59 Å². The van der Waals surface area contributed by atoms with E-state index in [2.05, 4.69) is 5.32 Å². The van der Waals surface area contributed by atoms with E-state index in [1.165, 1.54) is 0 Å². The van der Waals surface area contributed by atoms with E-state index in [1.807, 2.05) is 43.0 Å². The Bertz CT molecular complexity index is 499. The van der Waals surface area contributed by atoms with E-state index in [-0.39, 0.29) is 17.7 Å². The summed E-state index contributed by atoms with van der Waals surface area (Å²) in [7, 11) is 0. The number of hydrogen-bond donors (Lipinski definition) is 1. The number of hydrogen-bond acceptors (Lipinski definition) is 2. The van der Waals surface area contributed by atoms with Crippen molar-refractivity contribution in [1.82, 2.24) is 4.90 Å². The van der Waals surface area contributed by atoms with Crippen molar-refractivity contribution >= 4 is 17.5 Å². The number of likely N-dealkylation sites (tertiary alicyclic amines) is 1. The van der Waals surface area contributed by atoms with E-state index in [0.717, 1.165) is 30.6 Å². The van der Waals surface area contributed by atoms with Crippen LogP contribution in [0.4, 0.5) is 5.69 Å². The summed E-state index contributed by atoms with van der Waals surface area (Å²) in [4.78, 5) is 25.4. The minimum Gasteiger partial charge on any atom is -0.338 e. The molecule has 1 aliphatic rings. The quantitative estimate of drug-likeness (QED) is 0.897. The van der Waals surface area contributed by atoms with E-state index < -0.39 is 0 Å². The second kappa shape index (κ2) is 6.55.